The molecule has 1 fully saturated rings. The smallest absolute Gasteiger partial charge is 0.266 e. The maximum atomic E-state index is 14.8. The van der Waals surface area contributed by atoms with Gasteiger partial charge >= 0.3 is 0 Å². The van der Waals surface area contributed by atoms with Crippen LogP contribution in [0.1, 0.15) is 49.2 Å². The van der Waals surface area contributed by atoms with Crippen molar-refractivity contribution < 1.29 is 22.0 Å². The number of alkyl halides is 4. The standard InChI is InChI=1S/C23H22F5N7/c1-12(14-4-3-5-15(18(14)24)19(25)26)30-20-16-10-17(34-8-6-23(27,28)7-9-34)22-33-29-11-35(22)21(16)32-13(2)31-20/h3-5,10-12,19H,6-9H2,1-2H3,(H,30,31,32)/t12-/m1/s1. The zero-order valence-electron chi connectivity index (χ0n) is 18.9. The number of aromatic nitrogens is 5. The first-order chi connectivity index (χ1) is 16.6. The number of rotatable bonds is 5. The Morgan fingerprint density at radius 2 is 1.77 bits per heavy atom. The molecule has 1 saturated heterocycles. The molecule has 0 spiro atoms. The molecule has 1 aliphatic rings. The maximum absolute atomic E-state index is 14.8. The molecule has 1 atom stereocenters. The van der Waals surface area contributed by atoms with Crippen LogP contribution in [0, 0.1) is 12.7 Å². The Labute approximate surface area is 197 Å². The summed E-state index contributed by atoms with van der Waals surface area (Å²) < 4.78 is 70.3. The number of halogens is 5. The van der Waals surface area contributed by atoms with E-state index in [2.05, 4.69) is 25.5 Å². The van der Waals surface area contributed by atoms with Crippen LogP contribution in [0.4, 0.5) is 33.5 Å². The van der Waals surface area contributed by atoms with E-state index in [4.69, 9.17) is 0 Å². The molecule has 5 rings (SSSR count). The molecule has 0 unspecified atom stereocenters. The zero-order chi connectivity index (χ0) is 24.9. The second-order valence-electron chi connectivity index (χ2n) is 8.67. The first-order valence-corrected chi connectivity index (χ1v) is 11.1. The number of hydrogen-bond acceptors (Lipinski definition) is 6. The fourth-order valence-electron chi connectivity index (χ4n) is 4.42. The lowest BCUT2D eigenvalue weighted by atomic mass is 10.0. The van der Waals surface area contributed by atoms with Crippen LogP contribution in [0.15, 0.2) is 30.6 Å². The van der Waals surface area contributed by atoms with E-state index in [1.165, 1.54) is 18.5 Å². The molecular formula is C23H22F5N7. The van der Waals surface area contributed by atoms with Gasteiger partial charge in [0.05, 0.1) is 22.7 Å². The van der Waals surface area contributed by atoms with E-state index in [0.717, 1.165) is 6.07 Å². The van der Waals surface area contributed by atoms with Crippen molar-refractivity contribution >= 4 is 28.2 Å². The molecule has 0 amide bonds. The fraction of sp³-hybridized carbons (Fsp3) is 0.391. The van der Waals surface area contributed by atoms with Gasteiger partial charge in [0.25, 0.3) is 12.3 Å². The van der Waals surface area contributed by atoms with Gasteiger partial charge in [0.2, 0.25) is 0 Å². The Balaban J connectivity index is 1.60. The number of fused-ring (bicyclic) bond motifs is 3. The second-order valence-corrected chi connectivity index (χ2v) is 8.67. The molecule has 0 bridgehead atoms. The third-order valence-electron chi connectivity index (χ3n) is 6.27. The van der Waals surface area contributed by atoms with Gasteiger partial charge in [0.15, 0.2) is 11.3 Å². The van der Waals surface area contributed by atoms with Gasteiger partial charge in [-0.25, -0.2) is 31.9 Å². The Morgan fingerprint density at radius 3 is 2.49 bits per heavy atom. The molecule has 1 aromatic carbocycles. The molecule has 35 heavy (non-hydrogen) atoms. The predicted octanol–water partition coefficient (Wildman–Crippen LogP) is 5.47. The van der Waals surface area contributed by atoms with Crippen molar-refractivity contribution in [2.24, 2.45) is 0 Å². The summed E-state index contributed by atoms with van der Waals surface area (Å²) in [7, 11) is 0. The topological polar surface area (TPSA) is 71.2 Å². The number of pyridine rings is 1. The molecule has 7 nitrogen and oxygen atoms in total. The van der Waals surface area contributed by atoms with Gasteiger partial charge in [-0.15, -0.1) is 10.2 Å². The van der Waals surface area contributed by atoms with Gasteiger partial charge in [-0.1, -0.05) is 18.2 Å². The lowest BCUT2D eigenvalue weighted by molar-refractivity contribution is -0.0220. The summed E-state index contributed by atoms with van der Waals surface area (Å²) in [6.45, 7) is 3.60. The number of piperidine rings is 1. The number of nitrogens with one attached hydrogen (secondary N) is 1. The van der Waals surface area contributed by atoms with E-state index in [9.17, 15) is 22.0 Å². The van der Waals surface area contributed by atoms with Crippen LogP contribution in [0.25, 0.3) is 16.7 Å². The van der Waals surface area contributed by atoms with Crippen LogP contribution in [0.5, 0.6) is 0 Å². The van der Waals surface area contributed by atoms with Gasteiger partial charge in [-0.05, 0) is 19.9 Å². The van der Waals surface area contributed by atoms with Crippen molar-refractivity contribution in [3.8, 4) is 0 Å². The monoisotopic (exact) mass is 491 g/mol. The first kappa shape index (κ1) is 23.2. The summed E-state index contributed by atoms with van der Waals surface area (Å²) in [4.78, 5) is 10.8. The van der Waals surface area contributed by atoms with Crippen molar-refractivity contribution in [3.05, 3.63) is 53.4 Å². The Morgan fingerprint density at radius 1 is 1.06 bits per heavy atom. The summed E-state index contributed by atoms with van der Waals surface area (Å²) in [6, 6.07) is 4.92. The van der Waals surface area contributed by atoms with Gasteiger partial charge < -0.3 is 10.2 Å². The summed E-state index contributed by atoms with van der Waals surface area (Å²) in [5.41, 5.74) is 0.932. The third-order valence-corrected chi connectivity index (χ3v) is 6.27. The molecule has 184 valence electrons. The number of hydrogen-bond donors (Lipinski definition) is 1. The van der Waals surface area contributed by atoms with Crippen LogP contribution < -0.4 is 10.2 Å². The Kier molecular flexibility index (Phi) is 5.68. The van der Waals surface area contributed by atoms with Crippen molar-refractivity contribution in [1.29, 1.82) is 0 Å². The van der Waals surface area contributed by atoms with E-state index in [-0.39, 0.29) is 31.5 Å². The highest BCUT2D eigenvalue weighted by molar-refractivity contribution is 5.94. The third kappa shape index (κ3) is 4.21. The number of aryl methyl sites for hydroxylation is 1. The Hall–Kier alpha value is -3.57. The van der Waals surface area contributed by atoms with Crippen LogP contribution >= 0.6 is 0 Å². The summed E-state index contributed by atoms with van der Waals surface area (Å²) in [5.74, 6) is -2.93. The molecule has 3 aromatic heterocycles. The van der Waals surface area contributed by atoms with Crippen molar-refractivity contribution in [3.63, 3.8) is 0 Å². The Bertz CT molecular complexity index is 1390. The zero-order valence-corrected chi connectivity index (χ0v) is 18.9. The van der Waals surface area contributed by atoms with E-state index in [0.29, 0.717) is 34.0 Å². The van der Waals surface area contributed by atoms with E-state index < -0.39 is 29.8 Å². The lowest BCUT2D eigenvalue weighted by Crippen LogP contribution is -2.39. The van der Waals surface area contributed by atoms with E-state index in [1.807, 2.05) is 4.90 Å². The average molecular weight is 491 g/mol. The normalized spacial score (nSPS) is 16.9. The fourth-order valence-corrected chi connectivity index (χ4v) is 4.42. The highest BCUT2D eigenvalue weighted by Gasteiger charge is 2.35. The molecule has 12 heteroatoms. The highest BCUT2D eigenvalue weighted by Crippen LogP contribution is 2.36. The van der Waals surface area contributed by atoms with Crippen LogP contribution in [0.2, 0.25) is 0 Å². The molecular weight excluding hydrogens is 469 g/mol. The molecule has 4 aromatic rings. The van der Waals surface area contributed by atoms with Crippen LogP contribution in [-0.4, -0.2) is 43.6 Å². The average Bonchev–Trinajstić information content (AvgIpc) is 3.29. The van der Waals surface area contributed by atoms with Crippen LogP contribution in [0.3, 0.4) is 0 Å². The van der Waals surface area contributed by atoms with Gasteiger partial charge in [-0.3, -0.25) is 4.40 Å². The van der Waals surface area contributed by atoms with E-state index >= 15 is 0 Å². The largest absolute Gasteiger partial charge is 0.368 e. The molecule has 1 aliphatic heterocycles. The van der Waals surface area contributed by atoms with Crippen molar-refractivity contribution in [2.45, 2.75) is 45.1 Å². The highest BCUT2D eigenvalue weighted by atomic mass is 19.3. The molecule has 1 N–H and O–H groups in total. The SMILES string of the molecule is Cc1nc(N[C@H](C)c2cccc(C(F)F)c2F)c2cc(N3CCC(F)(F)CC3)c3nncn3c2n1. The van der Waals surface area contributed by atoms with Crippen molar-refractivity contribution in [1.82, 2.24) is 24.6 Å². The number of nitrogens with zero attached hydrogens (tertiary/aromatic N) is 6. The predicted molar refractivity (Wildman–Crippen MR) is 121 cm³/mol. The summed E-state index contributed by atoms with van der Waals surface area (Å²) >= 11 is 0. The molecule has 4 heterocycles. The maximum Gasteiger partial charge on any atom is 0.266 e. The molecule has 0 saturated carbocycles. The summed E-state index contributed by atoms with van der Waals surface area (Å²) in [5, 5.41) is 11.8. The van der Waals surface area contributed by atoms with Gasteiger partial charge in [0.1, 0.15) is 23.8 Å². The first-order valence-electron chi connectivity index (χ1n) is 11.1. The molecule has 0 radical (unpaired) electrons. The van der Waals surface area contributed by atoms with Gasteiger partial charge in [-0.2, -0.15) is 0 Å². The molecule has 0 aliphatic carbocycles. The van der Waals surface area contributed by atoms with Gasteiger partial charge in [0, 0.05) is 31.5 Å². The minimum absolute atomic E-state index is 0.0658. The quantitative estimate of drug-likeness (QED) is 0.374. The summed E-state index contributed by atoms with van der Waals surface area (Å²) in [6.07, 6.45) is -2.02. The number of benzene rings is 1. The van der Waals surface area contributed by atoms with Crippen LogP contribution in [-0.2, 0) is 0 Å². The van der Waals surface area contributed by atoms with Crippen molar-refractivity contribution in [2.75, 3.05) is 23.3 Å². The minimum Gasteiger partial charge on any atom is -0.368 e. The second kappa shape index (κ2) is 8.58. The lowest BCUT2D eigenvalue weighted by Gasteiger charge is -2.33. The number of anilines is 2. The van der Waals surface area contributed by atoms with E-state index in [1.54, 1.807) is 24.3 Å². The minimum atomic E-state index is -2.94.